The predicted molar refractivity (Wildman–Crippen MR) is 113 cm³/mol. The summed E-state index contributed by atoms with van der Waals surface area (Å²) in [6.45, 7) is 2.72. The van der Waals surface area contributed by atoms with Crippen LogP contribution in [0.2, 0.25) is 0 Å². The molecule has 3 heterocycles. The van der Waals surface area contributed by atoms with Crippen molar-refractivity contribution in [2.45, 2.75) is 19.5 Å². The van der Waals surface area contributed by atoms with Gasteiger partial charge in [0.1, 0.15) is 5.82 Å². The Hall–Kier alpha value is -3.79. The molecule has 1 amide bonds. The van der Waals surface area contributed by atoms with E-state index in [1.807, 2.05) is 13.1 Å². The Morgan fingerprint density at radius 3 is 2.77 bits per heavy atom. The first-order valence-electron chi connectivity index (χ1n) is 9.66. The molecule has 10 heteroatoms. The molecule has 0 radical (unpaired) electrons. The van der Waals surface area contributed by atoms with Gasteiger partial charge in [-0.1, -0.05) is 12.1 Å². The van der Waals surface area contributed by atoms with Crippen LogP contribution in [0.25, 0.3) is 16.8 Å². The Morgan fingerprint density at radius 2 is 2.03 bits per heavy atom. The highest BCUT2D eigenvalue weighted by molar-refractivity contribution is 6.01. The molecule has 0 unspecified atom stereocenters. The van der Waals surface area contributed by atoms with Crippen molar-refractivity contribution in [3.63, 3.8) is 0 Å². The van der Waals surface area contributed by atoms with Crippen LogP contribution < -0.4 is 11.1 Å². The van der Waals surface area contributed by atoms with Gasteiger partial charge in [0.25, 0.3) is 5.91 Å². The lowest BCUT2D eigenvalue weighted by Crippen LogP contribution is -2.35. The summed E-state index contributed by atoms with van der Waals surface area (Å²) in [5, 5.41) is 11.4. The minimum Gasteiger partial charge on any atom is -0.383 e. The first kappa shape index (κ1) is 20.5. The third kappa shape index (κ3) is 4.53. The van der Waals surface area contributed by atoms with E-state index in [0.717, 1.165) is 16.7 Å². The number of nitrogens with zero attached hydrogens (tertiary/aromatic N) is 5. The molecule has 31 heavy (non-hydrogen) atoms. The second-order valence-corrected chi connectivity index (χ2v) is 7.26. The van der Waals surface area contributed by atoms with Gasteiger partial charge in [-0.25, -0.2) is 8.91 Å². The van der Waals surface area contributed by atoms with Crippen molar-refractivity contribution in [2.24, 2.45) is 0 Å². The Morgan fingerprint density at radius 1 is 1.26 bits per heavy atom. The van der Waals surface area contributed by atoms with Crippen molar-refractivity contribution in [3.05, 3.63) is 65.9 Å². The Balaban J connectivity index is 1.65. The Kier molecular flexibility index (Phi) is 5.63. The number of nitrogen functional groups attached to an aromatic ring is 1. The van der Waals surface area contributed by atoms with Gasteiger partial charge in [0, 0.05) is 36.7 Å². The third-order valence-corrected chi connectivity index (χ3v) is 4.71. The van der Waals surface area contributed by atoms with Crippen LogP contribution in [0.4, 0.5) is 10.3 Å². The zero-order chi connectivity index (χ0) is 22.0. The highest BCUT2D eigenvalue weighted by atomic mass is 19.1. The topological polar surface area (TPSA) is 112 Å². The highest BCUT2D eigenvalue weighted by Crippen LogP contribution is 2.23. The summed E-state index contributed by atoms with van der Waals surface area (Å²) in [7, 11) is 1.57. The quantitative estimate of drug-likeness (QED) is 0.471. The minimum atomic E-state index is -0.303. The van der Waals surface area contributed by atoms with E-state index >= 15 is 0 Å². The van der Waals surface area contributed by atoms with Crippen LogP contribution in [0.5, 0.6) is 0 Å². The number of pyridine rings is 1. The molecule has 4 aromatic rings. The van der Waals surface area contributed by atoms with E-state index in [4.69, 9.17) is 10.5 Å². The second-order valence-electron chi connectivity index (χ2n) is 7.26. The lowest BCUT2D eigenvalue weighted by Gasteiger charge is -2.13. The fraction of sp³-hybridized carbons (Fsp3) is 0.238. The summed E-state index contributed by atoms with van der Waals surface area (Å²) in [5.41, 5.74) is 8.90. The van der Waals surface area contributed by atoms with Gasteiger partial charge in [-0.2, -0.15) is 10.1 Å². The van der Waals surface area contributed by atoms with E-state index in [-0.39, 0.29) is 23.7 Å². The predicted octanol–water partition coefficient (Wildman–Crippen LogP) is 2.13. The monoisotopic (exact) mass is 423 g/mol. The summed E-state index contributed by atoms with van der Waals surface area (Å²) in [5.74, 6) is -0.512. The summed E-state index contributed by atoms with van der Waals surface area (Å²) < 4.78 is 21.4. The molecule has 0 saturated carbocycles. The van der Waals surface area contributed by atoms with Crippen molar-refractivity contribution in [2.75, 3.05) is 19.5 Å². The van der Waals surface area contributed by atoms with Crippen molar-refractivity contribution >= 4 is 17.5 Å². The van der Waals surface area contributed by atoms with Gasteiger partial charge in [0.2, 0.25) is 5.95 Å². The van der Waals surface area contributed by atoms with Gasteiger partial charge in [0.05, 0.1) is 24.9 Å². The van der Waals surface area contributed by atoms with Crippen LogP contribution in [-0.2, 0) is 11.3 Å². The summed E-state index contributed by atoms with van der Waals surface area (Å²) in [4.78, 5) is 17.0. The van der Waals surface area contributed by atoms with Gasteiger partial charge in [-0.15, -0.1) is 5.10 Å². The summed E-state index contributed by atoms with van der Waals surface area (Å²) in [6.07, 6.45) is 5.29. The Bertz CT molecular complexity index is 1220. The van der Waals surface area contributed by atoms with E-state index < -0.39 is 0 Å². The number of nitrogens with two attached hydrogens (primary N) is 1. The molecule has 4 rings (SSSR count). The molecule has 0 spiro atoms. The van der Waals surface area contributed by atoms with Crippen molar-refractivity contribution in [3.8, 4) is 11.1 Å². The molecule has 0 bridgehead atoms. The number of ether oxygens (including phenoxy) is 1. The average Bonchev–Trinajstić information content (AvgIpc) is 3.34. The number of amides is 1. The number of hydrogen-bond acceptors (Lipinski definition) is 6. The molecule has 0 fully saturated rings. The van der Waals surface area contributed by atoms with Crippen molar-refractivity contribution in [1.29, 1.82) is 0 Å². The van der Waals surface area contributed by atoms with Crippen LogP contribution in [-0.4, -0.2) is 50.0 Å². The van der Waals surface area contributed by atoms with Crippen LogP contribution in [0.15, 0.2) is 48.9 Å². The maximum Gasteiger partial charge on any atom is 0.255 e. The molecule has 0 saturated heterocycles. The van der Waals surface area contributed by atoms with Gasteiger partial charge in [-0.05, 0) is 30.7 Å². The number of rotatable bonds is 7. The van der Waals surface area contributed by atoms with Gasteiger partial charge in [0.15, 0.2) is 5.65 Å². The molecular formula is C21H22FN7O2. The number of carbonyl (C=O) groups is 1. The maximum atomic E-state index is 13.1. The van der Waals surface area contributed by atoms with Crippen molar-refractivity contribution < 1.29 is 13.9 Å². The van der Waals surface area contributed by atoms with E-state index in [1.165, 1.54) is 16.6 Å². The summed E-state index contributed by atoms with van der Waals surface area (Å²) >= 11 is 0. The normalized spacial score (nSPS) is 12.2. The van der Waals surface area contributed by atoms with E-state index in [1.54, 1.807) is 42.4 Å². The highest BCUT2D eigenvalue weighted by Gasteiger charge is 2.18. The minimum absolute atomic E-state index is 0.0724. The van der Waals surface area contributed by atoms with Crippen LogP contribution in [0.1, 0.15) is 22.8 Å². The fourth-order valence-electron chi connectivity index (χ4n) is 3.30. The fourth-order valence-corrected chi connectivity index (χ4v) is 3.30. The molecule has 0 aliphatic rings. The average molecular weight is 423 g/mol. The number of anilines is 1. The number of nitrogens with one attached hydrogen (secondary N) is 1. The zero-order valence-electron chi connectivity index (χ0n) is 17.1. The SMILES string of the molecule is COC[C@H](C)NC(=O)c1cc(-c2cnn(Cc3ccc(F)cc3)c2)cn2nc(N)nc12. The molecule has 1 aromatic carbocycles. The van der Waals surface area contributed by atoms with Crippen LogP contribution in [0.3, 0.4) is 0 Å². The van der Waals surface area contributed by atoms with Crippen LogP contribution in [0, 0.1) is 5.82 Å². The standard InChI is InChI=1S/C21H22FN7O2/c1-13(12-31-2)25-20(30)18-7-15(11-29-19(18)26-21(23)27-29)16-8-24-28(10-16)9-14-3-5-17(22)6-4-14/h3-8,10-11,13H,9,12H2,1-2H3,(H2,23,27)(H,25,30)/t13-/m0/s1. The van der Waals surface area contributed by atoms with E-state index in [2.05, 4.69) is 20.5 Å². The summed E-state index contributed by atoms with van der Waals surface area (Å²) in [6, 6.07) is 7.81. The molecule has 0 aliphatic carbocycles. The van der Waals surface area contributed by atoms with Crippen molar-refractivity contribution in [1.82, 2.24) is 29.7 Å². The molecule has 160 valence electrons. The number of methoxy groups -OCH3 is 1. The molecule has 3 aromatic heterocycles. The van der Waals surface area contributed by atoms with Gasteiger partial charge in [-0.3, -0.25) is 9.48 Å². The number of aromatic nitrogens is 5. The molecular weight excluding hydrogens is 401 g/mol. The van der Waals surface area contributed by atoms with E-state index in [9.17, 15) is 9.18 Å². The van der Waals surface area contributed by atoms with Crippen LogP contribution >= 0.6 is 0 Å². The molecule has 1 atom stereocenters. The number of benzene rings is 1. The second kappa shape index (κ2) is 8.52. The number of halogens is 1. The Labute approximate surface area is 177 Å². The molecule has 3 N–H and O–H groups in total. The lowest BCUT2D eigenvalue weighted by atomic mass is 10.1. The van der Waals surface area contributed by atoms with Gasteiger partial charge < -0.3 is 15.8 Å². The number of carbonyl (C=O) groups excluding carboxylic acids is 1. The largest absolute Gasteiger partial charge is 0.383 e. The smallest absolute Gasteiger partial charge is 0.255 e. The molecule has 9 nitrogen and oxygen atoms in total. The number of hydrogen-bond donors (Lipinski definition) is 2. The first-order valence-corrected chi connectivity index (χ1v) is 9.66. The van der Waals surface area contributed by atoms with Gasteiger partial charge >= 0.3 is 0 Å². The number of fused-ring (bicyclic) bond motifs is 1. The first-order chi connectivity index (χ1) is 14.9. The van der Waals surface area contributed by atoms with E-state index in [0.29, 0.717) is 24.4 Å². The third-order valence-electron chi connectivity index (χ3n) is 4.71. The zero-order valence-corrected chi connectivity index (χ0v) is 17.1. The maximum absolute atomic E-state index is 13.1. The lowest BCUT2D eigenvalue weighted by molar-refractivity contribution is 0.0906. The molecule has 0 aliphatic heterocycles.